The van der Waals surface area contributed by atoms with Crippen molar-refractivity contribution in [3.8, 4) is 11.3 Å². The van der Waals surface area contributed by atoms with Crippen LogP contribution in [-0.4, -0.2) is 27.9 Å². The van der Waals surface area contributed by atoms with Gasteiger partial charge in [0.1, 0.15) is 6.10 Å². The summed E-state index contributed by atoms with van der Waals surface area (Å²) >= 11 is 0. The van der Waals surface area contributed by atoms with E-state index in [0.717, 1.165) is 17.8 Å². The van der Waals surface area contributed by atoms with Crippen molar-refractivity contribution in [3.05, 3.63) is 47.7 Å². The number of rotatable bonds is 4. The van der Waals surface area contributed by atoms with Crippen LogP contribution < -0.4 is 0 Å². The largest absolute Gasteiger partial charge is 0.462 e. The molecule has 0 radical (unpaired) electrons. The van der Waals surface area contributed by atoms with Crippen molar-refractivity contribution < 1.29 is 27.8 Å². The Morgan fingerprint density at radius 1 is 1.27 bits per heavy atom. The summed E-state index contributed by atoms with van der Waals surface area (Å²) in [6.07, 6.45) is -4.60. The summed E-state index contributed by atoms with van der Waals surface area (Å²) < 4.78 is 46.1. The molecule has 1 saturated heterocycles. The molecule has 1 fully saturated rings. The molecule has 1 aromatic heterocycles. The number of carbonyl (C=O) groups is 1. The lowest BCUT2D eigenvalue weighted by Gasteiger charge is -2.26. The number of hydrogen-bond donors (Lipinski definition) is 1. The van der Waals surface area contributed by atoms with E-state index < -0.39 is 23.8 Å². The molecule has 2 heterocycles. The number of esters is 1. The summed E-state index contributed by atoms with van der Waals surface area (Å²) in [6, 6.07) is 8.85. The number of benzene rings is 1. The van der Waals surface area contributed by atoms with Gasteiger partial charge in [0.2, 0.25) is 0 Å². The number of hydrogen-bond acceptors (Lipinski definition) is 3. The van der Waals surface area contributed by atoms with E-state index in [2.05, 4.69) is 0 Å². The first-order valence-electron chi connectivity index (χ1n) is 8.45. The third-order valence-electron chi connectivity index (χ3n) is 4.59. The SMILES string of the molecule is Cc1ccc(-c2cccc(C(F)(F)F)c2)n1CC[C@H]1C[C@H](O)CC(=O)O1. The van der Waals surface area contributed by atoms with Gasteiger partial charge in [-0.1, -0.05) is 12.1 Å². The fourth-order valence-electron chi connectivity index (χ4n) is 3.28. The number of nitrogens with zero attached hydrogens (tertiary/aromatic N) is 1. The Morgan fingerprint density at radius 3 is 2.73 bits per heavy atom. The highest BCUT2D eigenvalue weighted by Crippen LogP contribution is 2.33. The minimum absolute atomic E-state index is 0.00846. The topological polar surface area (TPSA) is 51.5 Å². The molecule has 1 aliphatic heterocycles. The smallest absolute Gasteiger partial charge is 0.416 e. The Labute approximate surface area is 149 Å². The van der Waals surface area contributed by atoms with E-state index in [0.29, 0.717) is 30.6 Å². The van der Waals surface area contributed by atoms with E-state index in [1.807, 2.05) is 17.6 Å². The molecule has 3 rings (SSSR count). The minimum Gasteiger partial charge on any atom is -0.462 e. The van der Waals surface area contributed by atoms with Crippen molar-refractivity contribution in [1.29, 1.82) is 0 Å². The van der Waals surface area contributed by atoms with Gasteiger partial charge < -0.3 is 14.4 Å². The van der Waals surface area contributed by atoms with Gasteiger partial charge >= 0.3 is 12.1 Å². The zero-order chi connectivity index (χ0) is 18.9. The molecular formula is C19H20F3NO3. The maximum Gasteiger partial charge on any atom is 0.416 e. The Bertz CT molecular complexity index is 798. The lowest BCUT2D eigenvalue weighted by molar-refractivity contribution is -0.160. The Morgan fingerprint density at radius 2 is 2.04 bits per heavy atom. The highest BCUT2D eigenvalue weighted by molar-refractivity contribution is 5.71. The number of aryl methyl sites for hydroxylation is 1. The zero-order valence-electron chi connectivity index (χ0n) is 14.3. The Kier molecular flexibility index (Phi) is 5.09. The van der Waals surface area contributed by atoms with E-state index in [1.165, 1.54) is 6.07 Å². The number of halogens is 3. The number of carbonyl (C=O) groups excluding carboxylic acids is 1. The van der Waals surface area contributed by atoms with Crippen molar-refractivity contribution >= 4 is 5.97 Å². The first-order valence-corrected chi connectivity index (χ1v) is 8.45. The summed E-state index contributed by atoms with van der Waals surface area (Å²) in [5.74, 6) is -0.420. The first kappa shape index (κ1) is 18.5. The van der Waals surface area contributed by atoms with Gasteiger partial charge in [-0.15, -0.1) is 0 Å². The maximum absolute atomic E-state index is 13.0. The van der Waals surface area contributed by atoms with Gasteiger partial charge in [0.05, 0.1) is 18.1 Å². The van der Waals surface area contributed by atoms with Gasteiger partial charge in [-0.3, -0.25) is 4.79 Å². The minimum atomic E-state index is -4.39. The average molecular weight is 367 g/mol. The molecule has 1 N–H and O–H groups in total. The molecule has 1 aliphatic rings. The van der Waals surface area contributed by atoms with E-state index >= 15 is 0 Å². The Balaban J connectivity index is 1.80. The Hall–Kier alpha value is -2.28. The van der Waals surface area contributed by atoms with Crippen LogP contribution in [0.1, 0.15) is 30.5 Å². The van der Waals surface area contributed by atoms with Gasteiger partial charge in [-0.25, -0.2) is 0 Å². The number of aromatic nitrogens is 1. The van der Waals surface area contributed by atoms with Gasteiger partial charge in [-0.05, 0) is 36.8 Å². The van der Waals surface area contributed by atoms with Crippen LogP contribution in [0.2, 0.25) is 0 Å². The maximum atomic E-state index is 13.0. The summed E-state index contributed by atoms with van der Waals surface area (Å²) in [5.41, 5.74) is 1.37. The molecule has 0 amide bonds. The molecule has 140 valence electrons. The van der Waals surface area contributed by atoms with Crippen LogP contribution in [0.3, 0.4) is 0 Å². The van der Waals surface area contributed by atoms with Crippen molar-refractivity contribution in [1.82, 2.24) is 4.57 Å². The normalized spacial score (nSPS) is 20.9. The van der Waals surface area contributed by atoms with Gasteiger partial charge in [-0.2, -0.15) is 13.2 Å². The molecule has 0 aliphatic carbocycles. The van der Waals surface area contributed by atoms with Gasteiger partial charge in [0.25, 0.3) is 0 Å². The number of ether oxygens (including phenoxy) is 1. The van der Waals surface area contributed by atoms with Crippen LogP contribution in [-0.2, 0) is 22.3 Å². The van der Waals surface area contributed by atoms with Crippen LogP contribution in [0, 0.1) is 6.92 Å². The number of cyclic esters (lactones) is 1. The second kappa shape index (κ2) is 7.15. The molecule has 26 heavy (non-hydrogen) atoms. The van der Waals surface area contributed by atoms with Crippen molar-refractivity contribution in [3.63, 3.8) is 0 Å². The summed E-state index contributed by atoms with van der Waals surface area (Å²) in [4.78, 5) is 11.4. The second-order valence-electron chi connectivity index (χ2n) is 6.58. The van der Waals surface area contributed by atoms with E-state index in [-0.39, 0.29) is 12.5 Å². The molecule has 7 heteroatoms. The predicted octanol–water partition coefficient (Wildman–Crippen LogP) is 3.94. The van der Waals surface area contributed by atoms with E-state index in [9.17, 15) is 23.1 Å². The van der Waals surface area contributed by atoms with Gasteiger partial charge in [0.15, 0.2) is 0 Å². The lowest BCUT2D eigenvalue weighted by atomic mass is 10.0. The van der Waals surface area contributed by atoms with Crippen molar-refractivity contribution in [2.75, 3.05) is 0 Å². The average Bonchev–Trinajstić information content (AvgIpc) is 2.92. The lowest BCUT2D eigenvalue weighted by Crippen LogP contribution is -2.33. The molecule has 4 nitrogen and oxygen atoms in total. The first-order chi connectivity index (χ1) is 12.2. The molecule has 1 aromatic carbocycles. The fourth-order valence-corrected chi connectivity index (χ4v) is 3.28. The molecule has 2 aromatic rings. The number of alkyl halides is 3. The van der Waals surface area contributed by atoms with E-state index in [4.69, 9.17) is 4.74 Å². The molecule has 0 saturated carbocycles. The second-order valence-corrected chi connectivity index (χ2v) is 6.58. The highest BCUT2D eigenvalue weighted by Gasteiger charge is 2.31. The summed E-state index contributed by atoms with van der Waals surface area (Å²) in [7, 11) is 0. The van der Waals surface area contributed by atoms with E-state index in [1.54, 1.807) is 12.1 Å². The molecular weight excluding hydrogens is 347 g/mol. The number of aliphatic hydroxyl groups excluding tert-OH is 1. The van der Waals surface area contributed by atoms with Gasteiger partial charge in [0, 0.05) is 30.8 Å². The van der Waals surface area contributed by atoms with Crippen molar-refractivity contribution in [2.24, 2.45) is 0 Å². The predicted molar refractivity (Wildman–Crippen MR) is 89.3 cm³/mol. The zero-order valence-corrected chi connectivity index (χ0v) is 14.3. The van der Waals surface area contributed by atoms with Crippen LogP contribution in [0.15, 0.2) is 36.4 Å². The van der Waals surface area contributed by atoms with Crippen LogP contribution in [0.5, 0.6) is 0 Å². The van der Waals surface area contributed by atoms with Crippen LogP contribution in [0.4, 0.5) is 13.2 Å². The van der Waals surface area contributed by atoms with Crippen molar-refractivity contribution in [2.45, 2.75) is 51.1 Å². The summed E-state index contributed by atoms with van der Waals surface area (Å²) in [6.45, 7) is 2.36. The molecule has 0 spiro atoms. The quantitative estimate of drug-likeness (QED) is 0.833. The monoisotopic (exact) mass is 367 g/mol. The highest BCUT2D eigenvalue weighted by atomic mass is 19.4. The molecule has 2 atom stereocenters. The molecule has 0 unspecified atom stereocenters. The van der Waals surface area contributed by atoms with Crippen LogP contribution >= 0.6 is 0 Å². The third kappa shape index (κ3) is 4.09. The summed E-state index contributed by atoms with van der Waals surface area (Å²) in [5, 5.41) is 9.69. The molecule has 0 bridgehead atoms. The number of aliphatic hydroxyl groups is 1. The van der Waals surface area contributed by atoms with Crippen LogP contribution in [0.25, 0.3) is 11.3 Å². The fraction of sp³-hybridized carbons (Fsp3) is 0.421. The standard InChI is InChI=1S/C19H20F3NO3/c1-12-5-6-17(13-3-2-4-14(9-13)19(20,21)22)23(12)8-7-16-10-15(24)11-18(25)26-16/h2-6,9,15-16,24H,7-8,10-11H2,1H3/t15-,16-/m0/s1. The third-order valence-corrected chi connectivity index (χ3v) is 4.59.